The molecule has 0 aliphatic heterocycles. The van der Waals surface area contributed by atoms with Gasteiger partial charge in [0.25, 0.3) is 5.89 Å². The number of rotatable bonds is 1. The van der Waals surface area contributed by atoms with Crippen LogP contribution in [0.1, 0.15) is 0 Å². The second-order valence-corrected chi connectivity index (χ2v) is 2.37. The van der Waals surface area contributed by atoms with E-state index in [1.807, 2.05) is 0 Å². The lowest BCUT2D eigenvalue weighted by Crippen LogP contribution is -1.79. The van der Waals surface area contributed by atoms with E-state index in [0.717, 1.165) is 0 Å². The summed E-state index contributed by atoms with van der Waals surface area (Å²) in [6.07, 6.45) is 2.15. The largest absolute Gasteiger partial charge is 0.504 e. The Morgan fingerprint density at radius 2 is 2.15 bits per heavy atom. The van der Waals surface area contributed by atoms with Gasteiger partial charge in [-0.25, -0.2) is 0 Å². The topological polar surface area (TPSA) is 79.4 Å². The highest BCUT2D eigenvalue weighted by Crippen LogP contribution is 2.34. The van der Waals surface area contributed by atoms with E-state index in [1.54, 1.807) is 12.1 Å². The number of phenols is 2. The fraction of sp³-hybridized carbons (Fsp3) is 0. The summed E-state index contributed by atoms with van der Waals surface area (Å²) >= 11 is 0. The van der Waals surface area contributed by atoms with Crippen molar-refractivity contribution in [3.63, 3.8) is 0 Å². The molecule has 65 valence electrons. The van der Waals surface area contributed by atoms with Crippen LogP contribution >= 0.6 is 0 Å². The van der Waals surface area contributed by atoms with Gasteiger partial charge in [-0.05, 0) is 12.1 Å². The molecular formula is C8H5N2O3. The van der Waals surface area contributed by atoms with Crippen LogP contribution < -0.4 is 0 Å². The Morgan fingerprint density at radius 3 is 2.85 bits per heavy atom. The van der Waals surface area contributed by atoms with Gasteiger partial charge in [0.2, 0.25) is 0 Å². The highest BCUT2D eigenvalue weighted by atomic mass is 16.4. The van der Waals surface area contributed by atoms with Crippen molar-refractivity contribution in [3.05, 3.63) is 24.6 Å². The number of benzene rings is 1. The Hall–Kier alpha value is -2.04. The maximum Gasteiger partial charge on any atom is 0.306 e. The van der Waals surface area contributed by atoms with Crippen molar-refractivity contribution in [2.24, 2.45) is 0 Å². The van der Waals surface area contributed by atoms with Crippen LogP contribution in [0.5, 0.6) is 11.5 Å². The molecule has 0 bridgehead atoms. The Balaban J connectivity index is 2.59. The SMILES string of the molecule is Oc1cccc(-c2nn[c]o2)c1O. The quantitative estimate of drug-likeness (QED) is 0.634. The van der Waals surface area contributed by atoms with E-state index in [-0.39, 0.29) is 23.0 Å². The van der Waals surface area contributed by atoms with Crippen molar-refractivity contribution < 1.29 is 14.6 Å². The molecular weight excluding hydrogens is 172 g/mol. The van der Waals surface area contributed by atoms with Crippen LogP contribution in [0.3, 0.4) is 0 Å². The van der Waals surface area contributed by atoms with Crippen LogP contribution in [0.25, 0.3) is 11.5 Å². The van der Waals surface area contributed by atoms with E-state index in [9.17, 15) is 5.11 Å². The average molecular weight is 177 g/mol. The monoisotopic (exact) mass is 177 g/mol. The molecule has 0 spiro atoms. The van der Waals surface area contributed by atoms with Crippen molar-refractivity contribution in [1.29, 1.82) is 0 Å². The molecule has 0 aliphatic rings. The summed E-state index contributed by atoms with van der Waals surface area (Å²) in [7, 11) is 0. The molecule has 1 aromatic carbocycles. The molecule has 2 rings (SSSR count). The predicted octanol–water partition coefficient (Wildman–Crippen LogP) is 0.948. The molecule has 13 heavy (non-hydrogen) atoms. The van der Waals surface area contributed by atoms with Gasteiger partial charge in [-0.1, -0.05) is 6.07 Å². The van der Waals surface area contributed by atoms with Gasteiger partial charge in [0, 0.05) is 0 Å². The van der Waals surface area contributed by atoms with E-state index in [0.29, 0.717) is 0 Å². The van der Waals surface area contributed by atoms with Gasteiger partial charge < -0.3 is 14.6 Å². The smallest absolute Gasteiger partial charge is 0.306 e. The van der Waals surface area contributed by atoms with Crippen LogP contribution in [0.2, 0.25) is 0 Å². The number of hydrogen-bond acceptors (Lipinski definition) is 5. The predicted molar refractivity (Wildman–Crippen MR) is 41.9 cm³/mol. The third-order valence-corrected chi connectivity index (χ3v) is 1.57. The lowest BCUT2D eigenvalue weighted by Gasteiger charge is -2.00. The number of phenolic OH excluding ortho intramolecular Hbond substituents is 2. The van der Waals surface area contributed by atoms with Gasteiger partial charge >= 0.3 is 6.39 Å². The zero-order valence-electron chi connectivity index (χ0n) is 6.43. The Kier molecular flexibility index (Phi) is 1.63. The van der Waals surface area contributed by atoms with Crippen molar-refractivity contribution in [2.75, 3.05) is 0 Å². The molecule has 0 saturated carbocycles. The lowest BCUT2D eigenvalue weighted by molar-refractivity contribution is 0.403. The van der Waals surface area contributed by atoms with Crippen molar-refractivity contribution in [1.82, 2.24) is 10.2 Å². The molecule has 2 aromatic rings. The molecule has 5 heteroatoms. The van der Waals surface area contributed by atoms with Crippen LogP contribution in [0.15, 0.2) is 22.6 Å². The summed E-state index contributed by atoms with van der Waals surface area (Å²) < 4.78 is 4.74. The minimum absolute atomic E-state index is 0.119. The number of nitrogens with zero attached hydrogens (tertiary/aromatic N) is 2. The van der Waals surface area contributed by atoms with E-state index >= 15 is 0 Å². The zero-order valence-corrected chi connectivity index (χ0v) is 6.43. The van der Waals surface area contributed by atoms with E-state index in [1.165, 1.54) is 6.07 Å². The molecule has 5 nitrogen and oxygen atoms in total. The normalized spacial score (nSPS) is 10.2. The van der Waals surface area contributed by atoms with Crippen molar-refractivity contribution >= 4 is 0 Å². The number of hydrogen-bond donors (Lipinski definition) is 2. The van der Waals surface area contributed by atoms with E-state index < -0.39 is 0 Å². The van der Waals surface area contributed by atoms with Gasteiger partial charge in [0.1, 0.15) is 0 Å². The molecule has 0 unspecified atom stereocenters. The maximum absolute atomic E-state index is 9.38. The van der Waals surface area contributed by atoms with Gasteiger partial charge in [0.15, 0.2) is 11.5 Å². The lowest BCUT2D eigenvalue weighted by atomic mass is 10.2. The average Bonchev–Trinajstić information content (AvgIpc) is 2.62. The van der Waals surface area contributed by atoms with Crippen molar-refractivity contribution in [2.45, 2.75) is 0 Å². The van der Waals surface area contributed by atoms with E-state index in [4.69, 9.17) is 9.52 Å². The first-order valence-corrected chi connectivity index (χ1v) is 3.50. The van der Waals surface area contributed by atoms with Gasteiger partial charge in [-0.2, -0.15) is 0 Å². The summed E-state index contributed by atoms with van der Waals surface area (Å²) in [6.45, 7) is 0. The first-order valence-electron chi connectivity index (χ1n) is 3.50. The second-order valence-electron chi connectivity index (χ2n) is 2.37. The van der Waals surface area contributed by atoms with Crippen LogP contribution in [-0.2, 0) is 0 Å². The summed E-state index contributed by atoms with van der Waals surface area (Å²) in [6, 6.07) is 4.48. The van der Waals surface area contributed by atoms with Crippen LogP contribution in [-0.4, -0.2) is 20.4 Å². The summed E-state index contributed by atoms with van der Waals surface area (Å²) in [5.74, 6) is -0.385. The number of aromatic nitrogens is 2. The molecule has 0 aliphatic carbocycles. The minimum atomic E-state index is -0.278. The summed E-state index contributed by atoms with van der Waals surface area (Å²) in [4.78, 5) is 0. The maximum atomic E-state index is 9.38. The van der Waals surface area contributed by atoms with Gasteiger partial charge in [-0.15, -0.1) is 10.2 Å². The van der Waals surface area contributed by atoms with E-state index in [2.05, 4.69) is 16.6 Å². The Labute approximate surface area is 73.3 Å². The molecule has 1 heterocycles. The minimum Gasteiger partial charge on any atom is -0.504 e. The highest BCUT2D eigenvalue weighted by molar-refractivity contribution is 5.66. The van der Waals surface area contributed by atoms with Gasteiger partial charge in [0.05, 0.1) is 5.56 Å². The third-order valence-electron chi connectivity index (χ3n) is 1.57. The first-order chi connectivity index (χ1) is 6.29. The highest BCUT2D eigenvalue weighted by Gasteiger charge is 2.11. The molecule has 1 aromatic heterocycles. The van der Waals surface area contributed by atoms with Crippen molar-refractivity contribution in [3.8, 4) is 23.0 Å². The molecule has 0 fully saturated rings. The summed E-state index contributed by atoms with van der Waals surface area (Å²) in [5.41, 5.74) is 0.286. The third kappa shape index (κ3) is 1.20. The summed E-state index contributed by atoms with van der Waals surface area (Å²) in [5, 5.41) is 25.4. The zero-order chi connectivity index (χ0) is 9.26. The number of para-hydroxylation sites is 1. The fourth-order valence-corrected chi connectivity index (χ4v) is 0.963. The standard InChI is InChI=1S/C8H5N2O3/c11-6-3-1-2-5(7(6)12)8-10-9-4-13-8/h1-3,11-12H. The molecule has 1 radical (unpaired) electrons. The molecule has 0 saturated heterocycles. The molecule has 0 atom stereocenters. The molecule has 2 N–H and O–H groups in total. The second kappa shape index (κ2) is 2.78. The van der Waals surface area contributed by atoms with Gasteiger partial charge in [-0.3, -0.25) is 0 Å². The Bertz CT molecular complexity index is 411. The Morgan fingerprint density at radius 1 is 1.31 bits per heavy atom. The molecule has 0 amide bonds. The van der Waals surface area contributed by atoms with Crippen LogP contribution in [0, 0.1) is 6.39 Å². The first kappa shape index (κ1) is 7.60. The number of aromatic hydroxyl groups is 2. The van der Waals surface area contributed by atoms with Crippen LogP contribution in [0.4, 0.5) is 0 Å². The fourth-order valence-electron chi connectivity index (χ4n) is 0.963.